The number of carbonyl (C=O) groups is 1. The fourth-order valence-corrected chi connectivity index (χ4v) is 2.23. The first kappa shape index (κ1) is 14.4. The first-order chi connectivity index (χ1) is 9.06. The number of hydrogen-bond acceptors (Lipinski definition) is 1. The van der Waals surface area contributed by atoms with Crippen molar-refractivity contribution in [1.29, 1.82) is 0 Å². The third-order valence-electron chi connectivity index (χ3n) is 2.80. The quantitative estimate of drug-likeness (QED) is 0.664. The molecule has 0 atom stereocenters. The summed E-state index contributed by atoms with van der Waals surface area (Å²) in [7, 11) is 0. The maximum atomic E-state index is 13.3. The minimum absolute atomic E-state index is 0.0469. The smallest absolute Gasteiger partial charge is 0.163 e. The van der Waals surface area contributed by atoms with Crippen molar-refractivity contribution in [3.8, 4) is 0 Å². The fourth-order valence-electron chi connectivity index (χ4n) is 1.72. The Morgan fingerprint density at radius 3 is 2.37 bits per heavy atom. The van der Waals surface area contributed by atoms with Gasteiger partial charge in [0, 0.05) is 16.5 Å². The van der Waals surface area contributed by atoms with Crippen molar-refractivity contribution >= 4 is 37.6 Å². The van der Waals surface area contributed by atoms with Crippen LogP contribution in [0.3, 0.4) is 0 Å². The maximum absolute atomic E-state index is 13.3. The molecule has 0 aliphatic carbocycles. The van der Waals surface area contributed by atoms with Crippen molar-refractivity contribution in [2.24, 2.45) is 0 Å². The number of rotatable bonds is 4. The second-order valence-electron chi connectivity index (χ2n) is 4.18. The number of halogens is 3. The Kier molecular flexibility index (Phi) is 4.88. The molecule has 4 heteroatoms. The SMILES string of the molecule is O=C(CCc1ccc(Br)cc1)c1ccc(Br)c(F)c1. The zero-order valence-electron chi connectivity index (χ0n) is 10.00. The first-order valence-electron chi connectivity index (χ1n) is 5.79. The van der Waals surface area contributed by atoms with Gasteiger partial charge in [-0.2, -0.15) is 0 Å². The van der Waals surface area contributed by atoms with E-state index in [1.807, 2.05) is 24.3 Å². The van der Waals surface area contributed by atoms with E-state index in [-0.39, 0.29) is 5.78 Å². The second kappa shape index (κ2) is 6.44. The van der Waals surface area contributed by atoms with Gasteiger partial charge in [0.1, 0.15) is 5.82 Å². The van der Waals surface area contributed by atoms with Crippen LogP contribution in [0.25, 0.3) is 0 Å². The molecule has 2 aromatic carbocycles. The van der Waals surface area contributed by atoms with Crippen LogP contribution in [0.5, 0.6) is 0 Å². The lowest BCUT2D eigenvalue weighted by atomic mass is 10.0. The second-order valence-corrected chi connectivity index (χ2v) is 5.95. The predicted octanol–water partition coefficient (Wildman–Crippen LogP) is 5.17. The third-order valence-corrected chi connectivity index (χ3v) is 3.97. The van der Waals surface area contributed by atoms with E-state index in [9.17, 15) is 9.18 Å². The predicted molar refractivity (Wildman–Crippen MR) is 80.9 cm³/mol. The Morgan fingerprint density at radius 1 is 1.05 bits per heavy atom. The number of hydrogen-bond donors (Lipinski definition) is 0. The maximum Gasteiger partial charge on any atom is 0.163 e. The van der Waals surface area contributed by atoms with Gasteiger partial charge < -0.3 is 0 Å². The molecule has 0 saturated heterocycles. The standard InChI is InChI=1S/C15H11Br2FO/c16-12-5-1-10(2-6-12)3-8-15(19)11-4-7-13(17)14(18)9-11/h1-2,4-7,9H,3,8H2. The summed E-state index contributed by atoms with van der Waals surface area (Å²) in [6.07, 6.45) is 1.03. The number of aryl methyl sites for hydroxylation is 1. The van der Waals surface area contributed by atoms with E-state index >= 15 is 0 Å². The third kappa shape index (κ3) is 3.98. The molecule has 0 amide bonds. The fraction of sp³-hybridized carbons (Fsp3) is 0.133. The first-order valence-corrected chi connectivity index (χ1v) is 7.37. The molecule has 0 saturated carbocycles. The normalized spacial score (nSPS) is 10.5. The molecule has 19 heavy (non-hydrogen) atoms. The lowest BCUT2D eigenvalue weighted by molar-refractivity contribution is 0.0982. The van der Waals surface area contributed by atoms with Crippen LogP contribution in [0.15, 0.2) is 51.4 Å². The lowest BCUT2D eigenvalue weighted by Crippen LogP contribution is -2.02. The summed E-state index contributed by atoms with van der Waals surface area (Å²) in [6, 6.07) is 12.3. The van der Waals surface area contributed by atoms with Crippen molar-refractivity contribution in [2.45, 2.75) is 12.8 Å². The van der Waals surface area contributed by atoms with E-state index in [1.54, 1.807) is 12.1 Å². The van der Waals surface area contributed by atoms with Crippen molar-refractivity contribution in [1.82, 2.24) is 0 Å². The van der Waals surface area contributed by atoms with Gasteiger partial charge in [0.15, 0.2) is 5.78 Å². The van der Waals surface area contributed by atoms with E-state index in [0.717, 1.165) is 10.0 Å². The van der Waals surface area contributed by atoms with Crippen molar-refractivity contribution in [3.63, 3.8) is 0 Å². The molecule has 0 N–H and O–H groups in total. The van der Waals surface area contributed by atoms with E-state index in [0.29, 0.717) is 22.9 Å². The Balaban J connectivity index is 2.01. The number of Topliss-reactive ketones (excluding diaryl/α,β-unsaturated/α-hetero) is 1. The minimum Gasteiger partial charge on any atom is -0.294 e. The van der Waals surface area contributed by atoms with Gasteiger partial charge in [-0.1, -0.05) is 34.1 Å². The van der Waals surface area contributed by atoms with Gasteiger partial charge in [-0.15, -0.1) is 0 Å². The van der Waals surface area contributed by atoms with Gasteiger partial charge in [-0.25, -0.2) is 4.39 Å². The number of benzene rings is 2. The minimum atomic E-state index is -0.408. The molecule has 2 aromatic rings. The highest BCUT2D eigenvalue weighted by molar-refractivity contribution is 9.10. The summed E-state index contributed by atoms with van der Waals surface area (Å²) in [5.41, 5.74) is 1.51. The van der Waals surface area contributed by atoms with Gasteiger partial charge in [0.05, 0.1) is 4.47 Å². The number of carbonyl (C=O) groups excluding carboxylic acids is 1. The van der Waals surface area contributed by atoms with E-state index in [1.165, 1.54) is 6.07 Å². The summed E-state index contributed by atoms with van der Waals surface area (Å²) >= 11 is 6.43. The topological polar surface area (TPSA) is 17.1 Å². The summed E-state index contributed by atoms with van der Waals surface area (Å²) in [5, 5.41) is 0. The summed E-state index contributed by atoms with van der Waals surface area (Å²) in [5.74, 6) is -0.455. The highest BCUT2D eigenvalue weighted by Crippen LogP contribution is 2.18. The molecule has 0 aliphatic heterocycles. The molecular formula is C15H11Br2FO. The molecule has 98 valence electrons. The lowest BCUT2D eigenvalue weighted by Gasteiger charge is -2.03. The van der Waals surface area contributed by atoms with Crippen LogP contribution in [-0.2, 0) is 6.42 Å². The molecule has 2 rings (SSSR count). The van der Waals surface area contributed by atoms with Gasteiger partial charge in [-0.05, 0) is 52.2 Å². The van der Waals surface area contributed by atoms with Crippen LogP contribution in [0.4, 0.5) is 4.39 Å². The average Bonchev–Trinajstić information content (AvgIpc) is 2.41. The van der Waals surface area contributed by atoms with Crippen LogP contribution >= 0.6 is 31.9 Å². The average molecular weight is 386 g/mol. The Hall–Kier alpha value is -1.000. The van der Waals surface area contributed by atoms with Crippen LogP contribution in [0.1, 0.15) is 22.3 Å². The summed E-state index contributed by atoms with van der Waals surface area (Å²) in [4.78, 5) is 12.0. The van der Waals surface area contributed by atoms with E-state index in [2.05, 4.69) is 31.9 Å². The summed E-state index contributed by atoms with van der Waals surface area (Å²) in [6.45, 7) is 0. The van der Waals surface area contributed by atoms with Gasteiger partial charge >= 0.3 is 0 Å². The number of ketones is 1. The zero-order chi connectivity index (χ0) is 13.8. The zero-order valence-corrected chi connectivity index (χ0v) is 13.2. The molecule has 0 radical (unpaired) electrons. The van der Waals surface area contributed by atoms with Gasteiger partial charge in [0.25, 0.3) is 0 Å². The molecule has 0 bridgehead atoms. The molecule has 0 unspecified atom stereocenters. The van der Waals surface area contributed by atoms with Crippen LogP contribution in [0.2, 0.25) is 0 Å². The molecule has 1 nitrogen and oxygen atoms in total. The monoisotopic (exact) mass is 384 g/mol. The molecule has 0 fully saturated rings. The van der Waals surface area contributed by atoms with Crippen molar-refractivity contribution in [3.05, 3.63) is 68.4 Å². The largest absolute Gasteiger partial charge is 0.294 e. The Labute approximate surface area is 128 Å². The molecule has 0 spiro atoms. The Morgan fingerprint density at radius 2 is 1.74 bits per heavy atom. The highest BCUT2D eigenvalue weighted by atomic mass is 79.9. The molecule has 0 aliphatic rings. The van der Waals surface area contributed by atoms with E-state index in [4.69, 9.17) is 0 Å². The van der Waals surface area contributed by atoms with Crippen LogP contribution in [-0.4, -0.2) is 5.78 Å². The highest BCUT2D eigenvalue weighted by Gasteiger charge is 2.09. The van der Waals surface area contributed by atoms with Gasteiger partial charge in [0.2, 0.25) is 0 Å². The van der Waals surface area contributed by atoms with Crippen molar-refractivity contribution < 1.29 is 9.18 Å². The molecule has 0 aromatic heterocycles. The Bertz CT molecular complexity index is 594. The molecule has 0 heterocycles. The van der Waals surface area contributed by atoms with Crippen LogP contribution < -0.4 is 0 Å². The summed E-state index contributed by atoms with van der Waals surface area (Å²) < 4.78 is 14.7. The van der Waals surface area contributed by atoms with E-state index < -0.39 is 5.82 Å². The van der Waals surface area contributed by atoms with Gasteiger partial charge in [-0.3, -0.25) is 4.79 Å². The van der Waals surface area contributed by atoms with Crippen molar-refractivity contribution in [2.75, 3.05) is 0 Å². The molecular weight excluding hydrogens is 375 g/mol. The van der Waals surface area contributed by atoms with Crippen LogP contribution in [0, 0.1) is 5.82 Å².